The molecule has 1 nitrogen and oxygen atoms in total. The minimum Gasteiger partial charge on any atom is -0.508 e. The minimum absolute atomic E-state index is 0.559. The molecule has 1 N–H and O–H groups in total. The monoisotopic (exact) mass is 304 g/mol. The molecule has 1 aliphatic rings. The second-order valence-corrected chi connectivity index (χ2v) is 12.8. The third kappa shape index (κ3) is 2.56. The maximum Gasteiger partial charge on any atom is 0.117 e. The molecule has 0 heterocycles. The molecule has 21 heavy (non-hydrogen) atoms. The van der Waals surface area contributed by atoms with Crippen LogP contribution >= 0.6 is 0 Å². The standard InChI is InChI=1S/C19H32OSi/c1-11-9-12(2)18(20)17(10-11)21(7,8)19-15(5)13(3)14(4)16(19)6/h9-10,13-16,19-20H,1-8H3. The lowest BCUT2D eigenvalue weighted by atomic mass is 9.92. The zero-order valence-corrected chi connectivity index (χ0v) is 16.0. The Balaban J connectivity index is 2.52. The number of rotatable bonds is 2. The molecule has 0 aromatic heterocycles. The van der Waals surface area contributed by atoms with Crippen LogP contribution in [-0.2, 0) is 0 Å². The van der Waals surface area contributed by atoms with Gasteiger partial charge in [-0.15, -0.1) is 0 Å². The summed E-state index contributed by atoms with van der Waals surface area (Å²) >= 11 is 0. The van der Waals surface area contributed by atoms with Crippen LogP contribution in [0.1, 0.15) is 38.8 Å². The molecule has 0 aliphatic heterocycles. The highest BCUT2D eigenvalue weighted by Crippen LogP contribution is 2.53. The van der Waals surface area contributed by atoms with Gasteiger partial charge in [0.1, 0.15) is 5.75 Å². The van der Waals surface area contributed by atoms with E-state index < -0.39 is 8.07 Å². The number of aromatic hydroxyl groups is 1. The lowest BCUT2D eigenvalue weighted by Gasteiger charge is -2.37. The predicted molar refractivity (Wildman–Crippen MR) is 95.1 cm³/mol. The average Bonchev–Trinajstić information content (AvgIpc) is 2.58. The highest BCUT2D eigenvalue weighted by Gasteiger charge is 2.50. The van der Waals surface area contributed by atoms with E-state index in [-0.39, 0.29) is 0 Å². The van der Waals surface area contributed by atoms with Crippen LogP contribution in [0.3, 0.4) is 0 Å². The van der Waals surface area contributed by atoms with Gasteiger partial charge >= 0.3 is 0 Å². The smallest absolute Gasteiger partial charge is 0.117 e. The van der Waals surface area contributed by atoms with E-state index in [1.807, 2.05) is 6.92 Å². The summed E-state index contributed by atoms with van der Waals surface area (Å²) < 4.78 is 0. The molecule has 1 fully saturated rings. The van der Waals surface area contributed by atoms with Crippen LogP contribution in [0.5, 0.6) is 5.75 Å². The summed E-state index contributed by atoms with van der Waals surface area (Å²) in [7, 11) is -1.71. The number of phenols is 1. The fourth-order valence-electron chi connectivity index (χ4n) is 5.04. The molecule has 4 atom stereocenters. The van der Waals surface area contributed by atoms with Crippen LogP contribution in [-0.4, -0.2) is 13.2 Å². The van der Waals surface area contributed by atoms with Crippen molar-refractivity contribution in [2.45, 2.75) is 60.2 Å². The van der Waals surface area contributed by atoms with Gasteiger partial charge in [0.05, 0.1) is 8.07 Å². The molecule has 2 heteroatoms. The van der Waals surface area contributed by atoms with Crippen molar-refractivity contribution in [1.29, 1.82) is 0 Å². The number of phenolic OH excluding ortho intramolecular Hbond substituents is 1. The Hall–Kier alpha value is -0.763. The van der Waals surface area contributed by atoms with Gasteiger partial charge in [0.25, 0.3) is 0 Å². The number of benzene rings is 1. The van der Waals surface area contributed by atoms with Gasteiger partial charge in [-0.3, -0.25) is 0 Å². The first-order valence-electron chi connectivity index (χ1n) is 8.39. The topological polar surface area (TPSA) is 20.2 Å². The highest BCUT2D eigenvalue weighted by atomic mass is 28.3. The Kier molecular flexibility index (Phi) is 4.32. The fourth-order valence-corrected chi connectivity index (χ4v) is 10.0. The SMILES string of the molecule is Cc1cc(C)c(O)c([Si](C)(C)C2C(C)C(C)C(C)C2C)c1. The fraction of sp³-hybridized carbons (Fsp3) is 0.684. The summed E-state index contributed by atoms with van der Waals surface area (Å²) in [5.41, 5.74) is 3.06. The third-order valence-corrected chi connectivity index (χ3v) is 11.1. The van der Waals surface area contributed by atoms with E-state index >= 15 is 0 Å². The maximum atomic E-state index is 10.7. The van der Waals surface area contributed by atoms with Gasteiger partial charge in [0.15, 0.2) is 0 Å². The highest BCUT2D eigenvalue weighted by molar-refractivity contribution is 6.91. The van der Waals surface area contributed by atoms with E-state index in [2.05, 4.69) is 59.8 Å². The average molecular weight is 305 g/mol. The Morgan fingerprint density at radius 3 is 1.81 bits per heavy atom. The maximum absolute atomic E-state index is 10.7. The zero-order valence-electron chi connectivity index (χ0n) is 15.0. The van der Waals surface area contributed by atoms with Crippen molar-refractivity contribution < 1.29 is 5.11 Å². The van der Waals surface area contributed by atoms with E-state index in [1.54, 1.807) is 0 Å². The number of aryl methyl sites for hydroxylation is 2. The van der Waals surface area contributed by atoms with Crippen molar-refractivity contribution in [3.8, 4) is 5.75 Å². The quantitative estimate of drug-likeness (QED) is 0.774. The third-order valence-electron chi connectivity index (χ3n) is 6.59. The lowest BCUT2D eigenvalue weighted by molar-refractivity contribution is 0.352. The Labute approximate surface area is 131 Å². The molecule has 1 aliphatic carbocycles. The Bertz CT molecular complexity index is 521. The van der Waals surface area contributed by atoms with Crippen molar-refractivity contribution in [3.63, 3.8) is 0 Å². The molecule has 4 unspecified atom stereocenters. The number of hydrogen-bond donors (Lipinski definition) is 1. The van der Waals surface area contributed by atoms with Crippen LogP contribution in [0.2, 0.25) is 18.6 Å². The molecule has 1 aromatic rings. The van der Waals surface area contributed by atoms with Crippen LogP contribution in [0.25, 0.3) is 0 Å². The lowest BCUT2D eigenvalue weighted by Crippen LogP contribution is -2.49. The van der Waals surface area contributed by atoms with E-state index in [1.165, 1.54) is 10.8 Å². The molecule has 0 bridgehead atoms. The summed E-state index contributed by atoms with van der Waals surface area (Å²) in [6.07, 6.45) is 0. The van der Waals surface area contributed by atoms with Crippen LogP contribution in [0.15, 0.2) is 12.1 Å². The molecule has 2 rings (SSSR count). The minimum atomic E-state index is -1.71. The van der Waals surface area contributed by atoms with Crippen LogP contribution in [0, 0.1) is 37.5 Å². The van der Waals surface area contributed by atoms with Crippen LogP contribution in [0.4, 0.5) is 0 Å². The normalized spacial score (nSPS) is 33.4. The van der Waals surface area contributed by atoms with E-state index in [0.29, 0.717) is 5.75 Å². The van der Waals surface area contributed by atoms with Crippen molar-refractivity contribution in [1.82, 2.24) is 0 Å². The van der Waals surface area contributed by atoms with Gasteiger partial charge in [-0.05, 0) is 53.8 Å². The van der Waals surface area contributed by atoms with Crippen LogP contribution < -0.4 is 5.19 Å². The Morgan fingerprint density at radius 2 is 1.33 bits per heavy atom. The molecule has 0 radical (unpaired) electrons. The number of hydrogen-bond acceptors (Lipinski definition) is 1. The first-order chi connectivity index (χ1) is 9.59. The van der Waals surface area contributed by atoms with Gasteiger partial charge in [-0.2, -0.15) is 0 Å². The second-order valence-electron chi connectivity index (χ2n) is 8.16. The predicted octanol–water partition coefficient (Wildman–Crippen LogP) is 4.85. The van der Waals surface area contributed by atoms with Crippen molar-refractivity contribution in [3.05, 3.63) is 23.3 Å². The molecule has 1 aromatic carbocycles. The van der Waals surface area contributed by atoms with Gasteiger partial charge < -0.3 is 5.11 Å². The van der Waals surface area contributed by atoms with Crippen molar-refractivity contribution in [2.24, 2.45) is 23.7 Å². The molecular weight excluding hydrogens is 272 g/mol. The molecule has 1 saturated carbocycles. The molecule has 0 saturated heterocycles. The summed E-state index contributed by atoms with van der Waals surface area (Å²) in [4.78, 5) is 0. The van der Waals surface area contributed by atoms with Crippen molar-refractivity contribution >= 4 is 13.3 Å². The summed E-state index contributed by atoms with van der Waals surface area (Å²) in [6.45, 7) is 18.8. The Morgan fingerprint density at radius 1 is 0.857 bits per heavy atom. The molecule has 118 valence electrons. The van der Waals surface area contributed by atoms with Crippen molar-refractivity contribution in [2.75, 3.05) is 0 Å². The first-order valence-corrected chi connectivity index (χ1v) is 11.5. The van der Waals surface area contributed by atoms with Gasteiger partial charge in [0, 0.05) is 0 Å². The summed E-state index contributed by atoms with van der Waals surface area (Å²) in [5, 5.41) is 11.9. The summed E-state index contributed by atoms with van der Waals surface area (Å²) in [6, 6.07) is 4.34. The van der Waals surface area contributed by atoms with E-state index in [0.717, 1.165) is 34.8 Å². The first kappa shape index (κ1) is 16.6. The molecular formula is C19H32OSi. The molecule has 0 spiro atoms. The van der Waals surface area contributed by atoms with E-state index in [4.69, 9.17) is 0 Å². The molecule has 0 amide bonds. The van der Waals surface area contributed by atoms with Gasteiger partial charge in [-0.25, -0.2) is 0 Å². The van der Waals surface area contributed by atoms with E-state index in [9.17, 15) is 5.11 Å². The summed E-state index contributed by atoms with van der Waals surface area (Å²) in [5.74, 6) is 3.62. The largest absolute Gasteiger partial charge is 0.508 e. The zero-order chi connectivity index (χ0) is 16.1. The second kappa shape index (κ2) is 5.46. The van der Waals surface area contributed by atoms with Gasteiger partial charge in [-0.1, -0.05) is 58.5 Å². The van der Waals surface area contributed by atoms with Gasteiger partial charge in [0.2, 0.25) is 0 Å².